The number of anilines is 2. The first kappa shape index (κ1) is 12.8. The van der Waals surface area contributed by atoms with E-state index in [9.17, 15) is 4.79 Å². The number of nitrogen functional groups attached to an aromatic ring is 1. The molecule has 0 heterocycles. The normalized spacial score (nSPS) is 9.47. The van der Waals surface area contributed by atoms with Crippen LogP contribution in [0, 0.1) is 11.3 Å². The highest BCUT2D eigenvalue weighted by Crippen LogP contribution is 2.16. The van der Waals surface area contributed by atoms with Crippen molar-refractivity contribution in [2.75, 3.05) is 31.2 Å². The first-order valence-electron chi connectivity index (χ1n) is 5.36. The maximum absolute atomic E-state index is 11.5. The van der Waals surface area contributed by atoms with Gasteiger partial charge in [0.1, 0.15) is 6.07 Å². The smallest absolute Gasteiger partial charge is 0.241 e. The Labute approximate surface area is 101 Å². The lowest BCUT2D eigenvalue weighted by Crippen LogP contribution is -2.31. The molecular weight excluding hydrogens is 216 g/mol. The van der Waals surface area contributed by atoms with Gasteiger partial charge in [-0.2, -0.15) is 5.26 Å². The molecule has 0 saturated heterocycles. The predicted molar refractivity (Wildman–Crippen MR) is 67.4 cm³/mol. The van der Waals surface area contributed by atoms with Crippen LogP contribution in [0.15, 0.2) is 18.2 Å². The number of nitrogens with zero attached hydrogens (tertiary/aromatic N) is 2. The van der Waals surface area contributed by atoms with Gasteiger partial charge in [-0.25, -0.2) is 0 Å². The van der Waals surface area contributed by atoms with Crippen molar-refractivity contribution in [1.82, 2.24) is 4.90 Å². The van der Waals surface area contributed by atoms with E-state index in [0.29, 0.717) is 23.5 Å². The molecule has 90 valence electrons. The van der Waals surface area contributed by atoms with E-state index in [1.807, 2.05) is 13.0 Å². The zero-order valence-corrected chi connectivity index (χ0v) is 10.0. The summed E-state index contributed by atoms with van der Waals surface area (Å²) in [5.74, 6) is 0.00262. The summed E-state index contributed by atoms with van der Waals surface area (Å²) >= 11 is 0. The Balaban J connectivity index is 2.65. The lowest BCUT2D eigenvalue weighted by atomic mass is 10.2. The van der Waals surface area contributed by atoms with Gasteiger partial charge in [-0.1, -0.05) is 0 Å². The number of carbonyl (C=O) groups is 1. The summed E-state index contributed by atoms with van der Waals surface area (Å²) in [6.45, 7) is 2.79. The molecule has 1 amide bonds. The third-order valence-corrected chi connectivity index (χ3v) is 2.52. The van der Waals surface area contributed by atoms with Crippen LogP contribution in [0.1, 0.15) is 12.5 Å². The van der Waals surface area contributed by atoms with Crippen molar-refractivity contribution >= 4 is 17.3 Å². The van der Waals surface area contributed by atoms with Crippen molar-refractivity contribution in [3.05, 3.63) is 23.8 Å². The number of benzene rings is 1. The number of hydrogen-bond acceptors (Lipinski definition) is 4. The Bertz CT molecular complexity index is 450. The van der Waals surface area contributed by atoms with E-state index >= 15 is 0 Å². The van der Waals surface area contributed by atoms with Gasteiger partial charge in [-0.05, 0) is 25.1 Å². The van der Waals surface area contributed by atoms with E-state index in [2.05, 4.69) is 5.32 Å². The molecule has 0 bridgehead atoms. The molecule has 0 aliphatic rings. The first-order chi connectivity index (χ1) is 8.08. The molecule has 1 rings (SSSR count). The summed E-state index contributed by atoms with van der Waals surface area (Å²) in [5, 5.41) is 11.8. The van der Waals surface area contributed by atoms with E-state index in [-0.39, 0.29) is 12.5 Å². The zero-order chi connectivity index (χ0) is 12.8. The van der Waals surface area contributed by atoms with Crippen LogP contribution in [0.25, 0.3) is 0 Å². The van der Waals surface area contributed by atoms with Gasteiger partial charge in [-0.3, -0.25) is 4.79 Å². The molecule has 0 radical (unpaired) electrons. The van der Waals surface area contributed by atoms with Crippen LogP contribution in [0.4, 0.5) is 11.4 Å². The third kappa shape index (κ3) is 3.38. The summed E-state index contributed by atoms with van der Waals surface area (Å²) in [6, 6.07) is 7.02. The molecule has 0 fully saturated rings. The lowest BCUT2D eigenvalue weighted by molar-refractivity contribution is -0.127. The van der Waals surface area contributed by atoms with Crippen LogP contribution in [0.3, 0.4) is 0 Å². The number of nitrogens with two attached hydrogens (primary N) is 1. The van der Waals surface area contributed by atoms with E-state index in [1.165, 1.54) is 0 Å². The number of nitrogens with one attached hydrogen (secondary N) is 1. The third-order valence-electron chi connectivity index (χ3n) is 2.52. The second-order valence-electron chi connectivity index (χ2n) is 3.68. The summed E-state index contributed by atoms with van der Waals surface area (Å²) in [5.41, 5.74) is 7.16. The van der Waals surface area contributed by atoms with Crippen LogP contribution in [-0.4, -0.2) is 30.9 Å². The highest BCUT2D eigenvalue weighted by Gasteiger charge is 2.06. The molecule has 0 unspecified atom stereocenters. The molecule has 5 nitrogen and oxygen atoms in total. The number of amides is 1. The highest BCUT2D eigenvalue weighted by molar-refractivity contribution is 5.80. The second kappa shape index (κ2) is 5.75. The average Bonchev–Trinajstić information content (AvgIpc) is 2.36. The van der Waals surface area contributed by atoms with Crippen LogP contribution in [0.2, 0.25) is 0 Å². The van der Waals surface area contributed by atoms with E-state index in [1.54, 1.807) is 30.1 Å². The molecule has 0 saturated carbocycles. The molecule has 0 atom stereocenters. The molecule has 0 aliphatic carbocycles. The Kier molecular flexibility index (Phi) is 4.35. The van der Waals surface area contributed by atoms with Crippen LogP contribution in [-0.2, 0) is 4.79 Å². The minimum absolute atomic E-state index is 0.00262. The monoisotopic (exact) mass is 232 g/mol. The van der Waals surface area contributed by atoms with Crippen LogP contribution < -0.4 is 11.1 Å². The molecule has 5 heteroatoms. The topological polar surface area (TPSA) is 82.2 Å². The van der Waals surface area contributed by atoms with Gasteiger partial charge in [0.2, 0.25) is 5.91 Å². The van der Waals surface area contributed by atoms with Crippen molar-refractivity contribution in [1.29, 1.82) is 5.26 Å². The van der Waals surface area contributed by atoms with Crippen molar-refractivity contribution in [3.63, 3.8) is 0 Å². The fourth-order valence-electron chi connectivity index (χ4n) is 1.25. The van der Waals surface area contributed by atoms with Crippen molar-refractivity contribution in [3.8, 4) is 6.07 Å². The van der Waals surface area contributed by atoms with Gasteiger partial charge in [0, 0.05) is 25.0 Å². The fourth-order valence-corrected chi connectivity index (χ4v) is 1.25. The predicted octanol–water partition coefficient (Wildman–Crippen LogP) is 1.03. The van der Waals surface area contributed by atoms with E-state index in [0.717, 1.165) is 0 Å². The molecule has 3 N–H and O–H groups in total. The fraction of sp³-hybridized carbons (Fsp3) is 0.333. The van der Waals surface area contributed by atoms with Gasteiger partial charge in [-0.15, -0.1) is 0 Å². The number of hydrogen-bond donors (Lipinski definition) is 2. The molecular formula is C12H16N4O. The summed E-state index contributed by atoms with van der Waals surface area (Å²) < 4.78 is 0. The minimum Gasteiger partial charge on any atom is -0.398 e. The lowest BCUT2D eigenvalue weighted by Gasteiger charge is -2.15. The maximum Gasteiger partial charge on any atom is 0.241 e. The highest BCUT2D eigenvalue weighted by atomic mass is 16.2. The summed E-state index contributed by atoms with van der Waals surface area (Å²) in [6.07, 6.45) is 0. The Morgan fingerprint density at radius 1 is 1.59 bits per heavy atom. The summed E-state index contributed by atoms with van der Waals surface area (Å²) in [7, 11) is 1.74. The number of carbonyl (C=O) groups excluding carboxylic acids is 1. The van der Waals surface area contributed by atoms with Crippen LogP contribution >= 0.6 is 0 Å². The van der Waals surface area contributed by atoms with Crippen molar-refractivity contribution < 1.29 is 4.79 Å². The molecule has 17 heavy (non-hydrogen) atoms. The maximum atomic E-state index is 11.5. The number of rotatable bonds is 4. The number of nitriles is 1. The zero-order valence-electron chi connectivity index (χ0n) is 10.0. The second-order valence-corrected chi connectivity index (χ2v) is 3.68. The molecule has 1 aromatic rings. The Morgan fingerprint density at radius 2 is 2.29 bits per heavy atom. The summed E-state index contributed by atoms with van der Waals surface area (Å²) in [4.78, 5) is 13.2. The Morgan fingerprint density at radius 3 is 2.88 bits per heavy atom. The average molecular weight is 232 g/mol. The SMILES string of the molecule is CCN(C)C(=O)CNc1ccc(N)c(C#N)c1. The van der Waals surface area contributed by atoms with Gasteiger partial charge in [0.05, 0.1) is 12.1 Å². The molecule has 0 aromatic heterocycles. The van der Waals surface area contributed by atoms with Gasteiger partial charge in [0.15, 0.2) is 0 Å². The standard InChI is InChI=1S/C12H16N4O/c1-3-16(2)12(17)8-15-10-4-5-11(14)9(6-10)7-13/h4-6,15H,3,8,14H2,1-2H3. The van der Waals surface area contributed by atoms with Crippen LogP contribution in [0.5, 0.6) is 0 Å². The molecule has 0 spiro atoms. The Hall–Kier alpha value is -2.22. The molecule has 1 aromatic carbocycles. The van der Waals surface area contributed by atoms with E-state index < -0.39 is 0 Å². The van der Waals surface area contributed by atoms with Gasteiger partial charge in [0.25, 0.3) is 0 Å². The van der Waals surface area contributed by atoms with E-state index in [4.69, 9.17) is 11.0 Å². The van der Waals surface area contributed by atoms with Gasteiger partial charge >= 0.3 is 0 Å². The first-order valence-corrected chi connectivity index (χ1v) is 5.36. The van der Waals surface area contributed by atoms with Crippen molar-refractivity contribution in [2.45, 2.75) is 6.92 Å². The van der Waals surface area contributed by atoms with Crippen molar-refractivity contribution in [2.24, 2.45) is 0 Å². The number of likely N-dealkylation sites (N-methyl/N-ethyl adjacent to an activating group) is 1. The molecule has 0 aliphatic heterocycles. The van der Waals surface area contributed by atoms with Gasteiger partial charge < -0.3 is 16.0 Å². The largest absolute Gasteiger partial charge is 0.398 e. The quantitative estimate of drug-likeness (QED) is 0.760. The minimum atomic E-state index is 0.00262.